The van der Waals surface area contributed by atoms with Gasteiger partial charge < -0.3 is 4.98 Å². The Bertz CT molecular complexity index is 925. The van der Waals surface area contributed by atoms with Crippen LogP contribution in [0.4, 0.5) is 0 Å². The van der Waals surface area contributed by atoms with Gasteiger partial charge in [-0.1, -0.05) is 13.0 Å². The van der Waals surface area contributed by atoms with Crippen molar-refractivity contribution in [2.45, 2.75) is 33.1 Å². The van der Waals surface area contributed by atoms with Crippen LogP contribution < -0.4 is 5.56 Å². The SMILES string of the molecule is Cc1cccc(-c2nc(=O)c3c4c(sc3[nH]2)CC(C)CC4)n1. The second-order valence-electron chi connectivity index (χ2n) is 6.11. The fraction of sp³-hybridized carbons (Fsp3) is 0.353. The highest BCUT2D eigenvalue weighted by molar-refractivity contribution is 7.18. The van der Waals surface area contributed by atoms with Crippen molar-refractivity contribution >= 4 is 21.6 Å². The van der Waals surface area contributed by atoms with Gasteiger partial charge in [-0.05, 0) is 49.8 Å². The third kappa shape index (κ3) is 2.16. The Kier molecular flexibility index (Phi) is 3.11. The van der Waals surface area contributed by atoms with Gasteiger partial charge in [-0.2, -0.15) is 4.98 Å². The molecule has 5 heteroatoms. The van der Waals surface area contributed by atoms with Gasteiger partial charge in [-0.25, -0.2) is 4.98 Å². The third-order valence-electron chi connectivity index (χ3n) is 4.30. The van der Waals surface area contributed by atoms with Gasteiger partial charge in [0.25, 0.3) is 5.56 Å². The molecular weight excluding hydrogens is 294 g/mol. The average Bonchev–Trinajstić information content (AvgIpc) is 2.84. The highest BCUT2D eigenvalue weighted by atomic mass is 32.1. The molecular formula is C17H17N3OS. The van der Waals surface area contributed by atoms with Crippen LogP contribution in [0.25, 0.3) is 21.7 Å². The molecule has 0 saturated heterocycles. The first kappa shape index (κ1) is 13.6. The number of aromatic amines is 1. The third-order valence-corrected chi connectivity index (χ3v) is 5.47. The lowest BCUT2D eigenvalue weighted by Crippen LogP contribution is -2.13. The van der Waals surface area contributed by atoms with Crippen LogP contribution in [0.3, 0.4) is 0 Å². The van der Waals surface area contributed by atoms with E-state index in [9.17, 15) is 4.79 Å². The summed E-state index contributed by atoms with van der Waals surface area (Å²) >= 11 is 1.71. The van der Waals surface area contributed by atoms with Crippen LogP contribution >= 0.6 is 11.3 Å². The van der Waals surface area contributed by atoms with E-state index in [0.29, 0.717) is 11.7 Å². The summed E-state index contributed by atoms with van der Waals surface area (Å²) in [6.45, 7) is 4.21. The largest absolute Gasteiger partial charge is 0.329 e. The zero-order chi connectivity index (χ0) is 15.3. The van der Waals surface area contributed by atoms with E-state index >= 15 is 0 Å². The number of hydrogen-bond donors (Lipinski definition) is 1. The molecule has 4 nitrogen and oxygen atoms in total. The van der Waals surface area contributed by atoms with Crippen LogP contribution in [0.1, 0.15) is 29.5 Å². The highest BCUT2D eigenvalue weighted by Crippen LogP contribution is 2.36. The van der Waals surface area contributed by atoms with Crippen LogP contribution in [0.5, 0.6) is 0 Å². The van der Waals surface area contributed by atoms with E-state index in [-0.39, 0.29) is 5.56 Å². The van der Waals surface area contributed by atoms with Crippen LogP contribution in [-0.2, 0) is 12.8 Å². The minimum Gasteiger partial charge on any atom is -0.329 e. The fourth-order valence-electron chi connectivity index (χ4n) is 3.15. The molecule has 0 fully saturated rings. The monoisotopic (exact) mass is 311 g/mol. The molecule has 0 radical (unpaired) electrons. The molecule has 3 aromatic heterocycles. The number of H-pyrrole nitrogens is 1. The van der Waals surface area contributed by atoms with Crippen molar-refractivity contribution in [1.29, 1.82) is 0 Å². The molecule has 4 rings (SSSR count). The number of fused-ring (bicyclic) bond motifs is 3. The molecule has 0 amide bonds. The highest BCUT2D eigenvalue weighted by Gasteiger charge is 2.23. The van der Waals surface area contributed by atoms with E-state index in [0.717, 1.165) is 40.9 Å². The van der Waals surface area contributed by atoms with Crippen molar-refractivity contribution in [3.63, 3.8) is 0 Å². The summed E-state index contributed by atoms with van der Waals surface area (Å²) in [5.74, 6) is 1.26. The number of nitrogens with zero attached hydrogens (tertiary/aromatic N) is 2. The van der Waals surface area contributed by atoms with Crippen molar-refractivity contribution < 1.29 is 0 Å². The van der Waals surface area contributed by atoms with Crippen LogP contribution in [0.15, 0.2) is 23.0 Å². The Labute approximate surface area is 132 Å². The summed E-state index contributed by atoms with van der Waals surface area (Å²) < 4.78 is 0. The average molecular weight is 311 g/mol. The molecule has 1 aliphatic rings. The summed E-state index contributed by atoms with van der Waals surface area (Å²) in [6, 6.07) is 5.75. The minimum absolute atomic E-state index is 0.126. The Hall–Kier alpha value is -2.01. The van der Waals surface area contributed by atoms with Crippen molar-refractivity contribution in [2.24, 2.45) is 5.92 Å². The maximum atomic E-state index is 12.5. The first-order valence-corrected chi connectivity index (χ1v) is 8.42. The zero-order valence-corrected chi connectivity index (χ0v) is 13.5. The standard InChI is InChI=1S/C17H17N3OS/c1-9-6-7-11-13(8-9)22-17-14(11)16(21)19-15(20-17)12-5-3-4-10(2)18-12/h3-5,9H,6-8H2,1-2H3,(H,19,20,21). The number of rotatable bonds is 1. The number of nitrogens with one attached hydrogen (secondary N) is 1. The normalized spacial score (nSPS) is 17.6. The number of hydrogen-bond acceptors (Lipinski definition) is 4. The maximum absolute atomic E-state index is 12.5. The molecule has 0 aromatic carbocycles. The summed E-state index contributed by atoms with van der Waals surface area (Å²) in [7, 11) is 0. The van der Waals surface area contributed by atoms with Gasteiger partial charge in [-0.3, -0.25) is 4.79 Å². The molecule has 112 valence electrons. The number of aromatic nitrogens is 3. The molecule has 0 bridgehead atoms. The quantitative estimate of drug-likeness (QED) is 0.748. The summed E-state index contributed by atoms with van der Waals surface area (Å²) in [5.41, 5.74) is 2.73. The predicted molar refractivity (Wildman–Crippen MR) is 89.4 cm³/mol. The second kappa shape index (κ2) is 5.02. The van der Waals surface area contributed by atoms with E-state index < -0.39 is 0 Å². The number of thiophene rings is 1. The Morgan fingerprint density at radius 1 is 1.32 bits per heavy atom. The van der Waals surface area contributed by atoms with Crippen molar-refractivity contribution in [3.05, 3.63) is 44.7 Å². The van der Waals surface area contributed by atoms with Crippen LogP contribution in [0, 0.1) is 12.8 Å². The van der Waals surface area contributed by atoms with Crippen molar-refractivity contribution in [2.75, 3.05) is 0 Å². The molecule has 22 heavy (non-hydrogen) atoms. The van der Waals surface area contributed by atoms with E-state index in [1.54, 1.807) is 11.3 Å². The zero-order valence-electron chi connectivity index (χ0n) is 12.6. The van der Waals surface area contributed by atoms with Gasteiger partial charge in [0.05, 0.1) is 5.39 Å². The number of aryl methyl sites for hydroxylation is 2. The maximum Gasteiger partial charge on any atom is 0.282 e. The lowest BCUT2D eigenvalue weighted by Gasteiger charge is -2.17. The lowest BCUT2D eigenvalue weighted by molar-refractivity contribution is 0.509. The van der Waals surface area contributed by atoms with Crippen LogP contribution in [0.2, 0.25) is 0 Å². The Morgan fingerprint density at radius 3 is 3.00 bits per heavy atom. The molecule has 1 N–H and O–H groups in total. The topological polar surface area (TPSA) is 58.6 Å². The number of pyridine rings is 1. The molecule has 1 aliphatic carbocycles. The van der Waals surface area contributed by atoms with Crippen LogP contribution in [-0.4, -0.2) is 15.0 Å². The smallest absolute Gasteiger partial charge is 0.282 e. The second-order valence-corrected chi connectivity index (χ2v) is 7.22. The molecule has 1 unspecified atom stereocenters. The molecule has 0 spiro atoms. The van der Waals surface area contributed by atoms with Gasteiger partial charge in [0, 0.05) is 10.6 Å². The molecule has 0 aliphatic heterocycles. The first-order chi connectivity index (χ1) is 10.6. The van der Waals surface area contributed by atoms with E-state index in [4.69, 9.17) is 0 Å². The first-order valence-electron chi connectivity index (χ1n) is 7.60. The van der Waals surface area contributed by atoms with Gasteiger partial charge in [0.15, 0.2) is 5.82 Å². The van der Waals surface area contributed by atoms with Crippen molar-refractivity contribution in [1.82, 2.24) is 15.0 Å². The molecule has 0 saturated carbocycles. The summed E-state index contributed by atoms with van der Waals surface area (Å²) in [6.07, 6.45) is 3.21. The molecule has 1 atom stereocenters. The van der Waals surface area contributed by atoms with Gasteiger partial charge in [0.2, 0.25) is 0 Å². The van der Waals surface area contributed by atoms with Gasteiger partial charge in [-0.15, -0.1) is 11.3 Å². The molecule has 3 aromatic rings. The van der Waals surface area contributed by atoms with E-state index in [2.05, 4.69) is 21.9 Å². The Balaban J connectivity index is 1.92. The van der Waals surface area contributed by atoms with E-state index in [1.807, 2.05) is 25.1 Å². The summed E-state index contributed by atoms with van der Waals surface area (Å²) in [4.78, 5) is 26.8. The molecule has 3 heterocycles. The lowest BCUT2D eigenvalue weighted by atomic mass is 9.89. The van der Waals surface area contributed by atoms with Crippen molar-refractivity contribution in [3.8, 4) is 11.5 Å². The van der Waals surface area contributed by atoms with E-state index in [1.165, 1.54) is 10.4 Å². The summed E-state index contributed by atoms with van der Waals surface area (Å²) in [5, 5.41) is 0.795. The predicted octanol–water partition coefficient (Wildman–Crippen LogP) is 3.48. The fourth-order valence-corrected chi connectivity index (χ4v) is 4.56. The minimum atomic E-state index is -0.126. The Morgan fingerprint density at radius 2 is 2.18 bits per heavy atom. The van der Waals surface area contributed by atoms with Gasteiger partial charge in [0.1, 0.15) is 10.5 Å². The van der Waals surface area contributed by atoms with Gasteiger partial charge >= 0.3 is 0 Å².